The van der Waals surface area contributed by atoms with Crippen LogP contribution in [0.2, 0.25) is 0 Å². The molecule has 2 aromatic carbocycles. The minimum Gasteiger partial charge on any atom is -0.465 e. The molecule has 0 saturated carbocycles. The quantitative estimate of drug-likeness (QED) is 0.814. The van der Waals surface area contributed by atoms with Gasteiger partial charge in [0.2, 0.25) is 0 Å². The molecule has 2 aromatic rings. The van der Waals surface area contributed by atoms with Crippen LogP contribution in [0.15, 0.2) is 54.6 Å². The van der Waals surface area contributed by atoms with Crippen molar-refractivity contribution in [1.29, 1.82) is 0 Å². The Labute approximate surface area is 134 Å². The van der Waals surface area contributed by atoms with Crippen molar-refractivity contribution in [1.82, 2.24) is 0 Å². The van der Waals surface area contributed by atoms with Crippen molar-refractivity contribution in [2.24, 2.45) is 0 Å². The van der Waals surface area contributed by atoms with Gasteiger partial charge in [-0.2, -0.15) is 0 Å². The van der Waals surface area contributed by atoms with E-state index in [0.717, 1.165) is 5.56 Å². The number of cyclic esters (lactones) is 1. The van der Waals surface area contributed by atoms with Gasteiger partial charge in [0.05, 0.1) is 18.7 Å². The Balaban J connectivity index is 1.81. The lowest BCUT2D eigenvalue weighted by Crippen LogP contribution is -2.35. The number of amides is 1. The van der Waals surface area contributed by atoms with Crippen molar-refractivity contribution in [2.45, 2.75) is 12.5 Å². The van der Waals surface area contributed by atoms with Crippen molar-refractivity contribution < 1.29 is 19.1 Å². The van der Waals surface area contributed by atoms with E-state index >= 15 is 0 Å². The lowest BCUT2D eigenvalue weighted by atomic mass is 10.1. The van der Waals surface area contributed by atoms with Crippen LogP contribution in [0.4, 0.5) is 10.5 Å². The normalized spacial score (nSPS) is 17.0. The van der Waals surface area contributed by atoms with Gasteiger partial charge < -0.3 is 9.47 Å². The molecule has 3 rings (SSSR count). The van der Waals surface area contributed by atoms with Crippen molar-refractivity contribution in [3.8, 4) is 0 Å². The maximum atomic E-state index is 12.1. The third-order valence-electron chi connectivity index (χ3n) is 3.84. The average molecular weight is 311 g/mol. The summed E-state index contributed by atoms with van der Waals surface area (Å²) in [6, 6.07) is 16.7. The van der Waals surface area contributed by atoms with Crippen LogP contribution in [0.5, 0.6) is 0 Å². The topological polar surface area (TPSA) is 55.8 Å². The minimum atomic E-state index is -0.401. The number of benzene rings is 2. The molecule has 5 nitrogen and oxygen atoms in total. The number of ether oxygens (including phenoxy) is 2. The molecule has 0 radical (unpaired) electrons. The molecule has 1 amide bonds. The summed E-state index contributed by atoms with van der Waals surface area (Å²) in [5.74, 6) is -0.401. The van der Waals surface area contributed by atoms with Crippen LogP contribution < -0.4 is 4.90 Å². The van der Waals surface area contributed by atoms with Crippen LogP contribution in [-0.2, 0) is 15.9 Å². The Morgan fingerprint density at radius 2 is 1.87 bits per heavy atom. The molecule has 0 aromatic heterocycles. The summed E-state index contributed by atoms with van der Waals surface area (Å²) in [6.07, 6.45) is 0.350. The Bertz CT molecular complexity index is 697. The highest BCUT2D eigenvalue weighted by atomic mass is 16.6. The lowest BCUT2D eigenvalue weighted by molar-refractivity contribution is 0.0600. The highest BCUT2D eigenvalue weighted by molar-refractivity contribution is 5.93. The van der Waals surface area contributed by atoms with E-state index < -0.39 is 5.97 Å². The van der Waals surface area contributed by atoms with Gasteiger partial charge in [-0.25, -0.2) is 9.59 Å². The van der Waals surface area contributed by atoms with E-state index in [1.807, 2.05) is 30.3 Å². The van der Waals surface area contributed by atoms with E-state index in [2.05, 4.69) is 4.74 Å². The molecule has 1 aliphatic heterocycles. The van der Waals surface area contributed by atoms with Crippen molar-refractivity contribution >= 4 is 17.7 Å². The number of rotatable bonds is 4. The summed E-state index contributed by atoms with van der Waals surface area (Å²) in [5.41, 5.74) is 2.30. The number of carbonyl (C=O) groups is 2. The molecule has 1 aliphatic rings. The van der Waals surface area contributed by atoms with Crippen molar-refractivity contribution in [2.75, 3.05) is 18.6 Å². The van der Waals surface area contributed by atoms with Gasteiger partial charge in [0, 0.05) is 5.69 Å². The number of carbonyl (C=O) groups excluding carboxylic acids is 2. The fourth-order valence-electron chi connectivity index (χ4n) is 2.69. The first-order chi connectivity index (χ1) is 11.2. The molecule has 0 N–H and O–H groups in total. The summed E-state index contributed by atoms with van der Waals surface area (Å²) in [5, 5.41) is 0. The summed E-state index contributed by atoms with van der Waals surface area (Å²) >= 11 is 0. The van der Waals surface area contributed by atoms with Gasteiger partial charge in [0.15, 0.2) is 0 Å². The molecule has 0 spiro atoms. The number of hydrogen-bond acceptors (Lipinski definition) is 4. The fraction of sp³-hybridized carbons (Fsp3) is 0.222. The monoisotopic (exact) mass is 311 g/mol. The second kappa shape index (κ2) is 6.52. The van der Waals surface area contributed by atoms with Crippen LogP contribution in [0.25, 0.3) is 0 Å². The Morgan fingerprint density at radius 1 is 1.17 bits per heavy atom. The van der Waals surface area contributed by atoms with E-state index in [1.54, 1.807) is 29.2 Å². The van der Waals surface area contributed by atoms with Gasteiger partial charge in [-0.3, -0.25) is 4.90 Å². The summed E-state index contributed by atoms with van der Waals surface area (Å²) < 4.78 is 9.88. The number of nitrogens with zero attached hydrogens (tertiary/aromatic N) is 1. The van der Waals surface area contributed by atoms with E-state index in [1.165, 1.54) is 7.11 Å². The minimum absolute atomic E-state index is 0.0612. The van der Waals surface area contributed by atoms with E-state index in [-0.39, 0.29) is 12.1 Å². The van der Waals surface area contributed by atoms with Gasteiger partial charge in [-0.05, 0) is 36.2 Å². The van der Waals surface area contributed by atoms with Gasteiger partial charge in [-0.15, -0.1) is 0 Å². The highest BCUT2D eigenvalue weighted by Gasteiger charge is 2.34. The number of hydrogen-bond donors (Lipinski definition) is 0. The summed E-state index contributed by atoms with van der Waals surface area (Å²) in [4.78, 5) is 25.2. The number of anilines is 1. The second-order valence-corrected chi connectivity index (χ2v) is 5.33. The Morgan fingerprint density at radius 3 is 2.52 bits per heavy atom. The molecule has 0 unspecified atom stereocenters. The maximum absolute atomic E-state index is 12.1. The molecule has 1 heterocycles. The van der Waals surface area contributed by atoms with Gasteiger partial charge >= 0.3 is 12.1 Å². The van der Waals surface area contributed by atoms with Gasteiger partial charge in [-0.1, -0.05) is 30.3 Å². The molecular weight excluding hydrogens is 294 g/mol. The molecular formula is C18H17NO4. The largest absolute Gasteiger partial charge is 0.465 e. The lowest BCUT2D eigenvalue weighted by Gasteiger charge is -2.21. The highest BCUT2D eigenvalue weighted by Crippen LogP contribution is 2.25. The first-order valence-corrected chi connectivity index (χ1v) is 7.37. The zero-order valence-electron chi connectivity index (χ0n) is 12.8. The SMILES string of the molecule is COC(=O)c1ccc(N2C(=O)OC[C@H]2Cc2ccccc2)cc1. The van der Waals surface area contributed by atoms with Gasteiger partial charge in [0.25, 0.3) is 0 Å². The first kappa shape index (κ1) is 15.1. The molecule has 1 saturated heterocycles. The molecule has 1 fully saturated rings. The van der Waals surface area contributed by atoms with E-state index in [9.17, 15) is 9.59 Å². The number of esters is 1. The van der Waals surface area contributed by atoms with Crippen LogP contribution in [0.1, 0.15) is 15.9 Å². The van der Waals surface area contributed by atoms with Crippen LogP contribution in [0.3, 0.4) is 0 Å². The fourth-order valence-corrected chi connectivity index (χ4v) is 2.69. The van der Waals surface area contributed by atoms with Crippen LogP contribution >= 0.6 is 0 Å². The first-order valence-electron chi connectivity index (χ1n) is 7.37. The summed E-state index contributed by atoms with van der Waals surface area (Å²) in [6.45, 7) is 0.354. The molecule has 118 valence electrons. The van der Waals surface area contributed by atoms with E-state index in [4.69, 9.17) is 4.74 Å². The summed E-state index contributed by atoms with van der Waals surface area (Å²) in [7, 11) is 1.34. The van der Waals surface area contributed by atoms with Crippen LogP contribution in [-0.4, -0.2) is 31.8 Å². The molecule has 1 atom stereocenters. The Hall–Kier alpha value is -2.82. The third kappa shape index (κ3) is 3.18. The third-order valence-corrected chi connectivity index (χ3v) is 3.84. The van der Waals surface area contributed by atoms with E-state index in [0.29, 0.717) is 24.3 Å². The Kier molecular flexibility index (Phi) is 4.28. The predicted octanol–water partition coefficient (Wildman–Crippen LogP) is 3.04. The predicted molar refractivity (Wildman–Crippen MR) is 85.5 cm³/mol. The van der Waals surface area contributed by atoms with Gasteiger partial charge in [0.1, 0.15) is 6.61 Å². The molecule has 0 aliphatic carbocycles. The number of methoxy groups -OCH3 is 1. The average Bonchev–Trinajstić information content (AvgIpc) is 2.95. The molecule has 5 heteroatoms. The van der Waals surface area contributed by atoms with Crippen LogP contribution in [0, 0.1) is 0 Å². The standard InChI is InChI=1S/C18H17NO4/c1-22-17(20)14-7-9-15(10-8-14)19-16(12-23-18(19)21)11-13-5-3-2-4-6-13/h2-10,16H,11-12H2,1H3/t16-/m1/s1. The zero-order valence-corrected chi connectivity index (χ0v) is 12.8. The maximum Gasteiger partial charge on any atom is 0.414 e. The molecule has 23 heavy (non-hydrogen) atoms. The molecule has 0 bridgehead atoms. The second-order valence-electron chi connectivity index (χ2n) is 5.33. The van der Waals surface area contributed by atoms with Crippen molar-refractivity contribution in [3.05, 3.63) is 65.7 Å². The zero-order chi connectivity index (χ0) is 16.2. The van der Waals surface area contributed by atoms with Crippen molar-refractivity contribution in [3.63, 3.8) is 0 Å². The smallest absolute Gasteiger partial charge is 0.414 e.